The number of benzene rings is 1. The molecule has 2 heterocycles. The summed E-state index contributed by atoms with van der Waals surface area (Å²) in [6, 6.07) is -7.69. The molecule has 0 spiro atoms. The van der Waals surface area contributed by atoms with Crippen LogP contribution in [0, 0.1) is 0 Å². The molecule has 0 unspecified atom stereocenters. The van der Waals surface area contributed by atoms with E-state index in [-0.39, 0.29) is 50.1 Å². The SMILES string of the molecule is C[C@@H](O)[C@H](N)C(=O)N[C@@H](CCC(=O)O)C(=O)N1CCC[C@H]1C(=O)N[C@@H](CCC(N)=O)C(=O)N[C@@H](Cc1ccc(OP(=O)(O)O)cc1)C(=O)N[C@@H](CCC(N)=O)C(=O)N1CCC[C@H]1C(=O)NCC(=O)N[C@@H](CCC(=O)O)C(=O)O. The lowest BCUT2D eigenvalue weighted by atomic mass is 10.0. The van der Waals surface area contributed by atoms with Gasteiger partial charge in [-0.1, -0.05) is 12.1 Å². The van der Waals surface area contributed by atoms with Crippen molar-refractivity contribution >= 4 is 84.8 Å². The zero-order valence-electron chi connectivity index (χ0n) is 42.2. The van der Waals surface area contributed by atoms with Crippen molar-refractivity contribution in [2.24, 2.45) is 17.2 Å². The number of primary amides is 2. The van der Waals surface area contributed by atoms with Gasteiger partial charge in [0.05, 0.1) is 12.6 Å². The monoisotopic (exact) mass is 1130 g/mol. The van der Waals surface area contributed by atoms with Crippen molar-refractivity contribution < 1.29 is 102 Å². The number of nitrogens with two attached hydrogens (primary N) is 3. The third kappa shape index (κ3) is 21.3. The minimum Gasteiger partial charge on any atom is -0.481 e. The highest BCUT2D eigenvalue weighted by Gasteiger charge is 2.42. The van der Waals surface area contributed by atoms with Crippen molar-refractivity contribution in [1.82, 2.24) is 41.7 Å². The second kappa shape index (κ2) is 30.2. The van der Waals surface area contributed by atoms with E-state index in [9.17, 15) is 92.0 Å². The summed E-state index contributed by atoms with van der Waals surface area (Å²) >= 11 is 0. The van der Waals surface area contributed by atoms with Gasteiger partial charge in [-0.2, -0.15) is 0 Å². The molecule has 1 aromatic carbocycles. The van der Waals surface area contributed by atoms with Crippen LogP contribution in [0.5, 0.6) is 5.75 Å². The predicted octanol–water partition coefficient (Wildman–Crippen LogP) is -5.72. The molecule has 1 aromatic rings. The number of carbonyl (C=O) groups excluding carboxylic acids is 10. The molecule has 78 heavy (non-hydrogen) atoms. The number of carbonyl (C=O) groups is 13. The summed E-state index contributed by atoms with van der Waals surface area (Å²) in [4.78, 5) is 188. The molecule has 3 rings (SSSR count). The molecule has 2 saturated heterocycles. The molecule has 0 saturated carbocycles. The Morgan fingerprint density at radius 2 is 1.08 bits per heavy atom. The molecule has 0 aliphatic carbocycles. The first-order chi connectivity index (χ1) is 36.5. The van der Waals surface area contributed by atoms with Crippen LogP contribution in [0.25, 0.3) is 0 Å². The Bertz CT molecular complexity index is 2460. The number of amides is 10. The van der Waals surface area contributed by atoms with E-state index in [2.05, 4.69) is 36.4 Å². The second-order valence-electron chi connectivity index (χ2n) is 18.4. The normalized spacial score (nSPS) is 17.8. The quantitative estimate of drug-likeness (QED) is 0.0299. The van der Waals surface area contributed by atoms with Crippen molar-refractivity contribution in [2.75, 3.05) is 19.6 Å². The first-order valence-electron chi connectivity index (χ1n) is 24.4. The van der Waals surface area contributed by atoms with Gasteiger partial charge in [0.1, 0.15) is 54.1 Å². The summed E-state index contributed by atoms with van der Waals surface area (Å²) in [7, 11) is -5.03. The average molecular weight is 1130 g/mol. The Kier molecular flexibility index (Phi) is 25.0. The summed E-state index contributed by atoms with van der Waals surface area (Å²) in [6.45, 7) is 0.237. The Labute approximate surface area is 444 Å². The second-order valence-corrected chi connectivity index (χ2v) is 19.5. The highest BCUT2D eigenvalue weighted by Crippen LogP contribution is 2.37. The number of aliphatic hydroxyl groups excluding tert-OH is 1. The number of aliphatic hydroxyl groups is 1. The van der Waals surface area contributed by atoms with Crippen molar-refractivity contribution in [3.63, 3.8) is 0 Å². The highest BCUT2D eigenvalue weighted by molar-refractivity contribution is 7.46. The van der Waals surface area contributed by atoms with E-state index in [1.807, 2.05) is 0 Å². The van der Waals surface area contributed by atoms with Crippen LogP contribution in [-0.2, 0) is 73.3 Å². The number of nitrogens with zero attached hydrogens (tertiary/aromatic N) is 2. The fourth-order valence-electron chi connectivity index (χ4n) is 8.26. The Morgan fingerprint density at radius 1 is 0.628 bits per heavy atom. The van der Waals surface area contributed by atoms with Gasteiger partial charge in [-0.05, 0) is 76.0 Å². The van der Waals surface area contributed by atoms with Crippen LogP contribution in [0.3, 0.4) is 0 Å². The molecule has 10 amide bonds. The molecule has 0 aromatic heterocycles. The standard InChI is InChI=1S/C45H66N11O21P/c1-22(57)37(48)42(69)53-27(12-16-35(61)62)44(71)56-19-3-5-31(56)41(68)51-25(10-14-32(46)58)38(65)54-29(20-23-6-8-24(9-7-23)77-78(74,75)76)39(66)52-26(11-15-33(47)59)43(70)55-18-2-4-30(55)40(67)49-21-34(60)50-28(45(72)73)13-17-36(63)64/h6-9,22,25-31,37,57H,2-5,10-21,48H2,1H3,(H2,46,58)(H2,47,59)(H,49,67)(H,50,60)(H,51,68)(H,52,66)(H,53,69)(H,54,65)(H,61,62)(H,63,64)(H,72,73)(H2,74,75,76)/t22-,25+,26+,27+,28+,29+,30+,31+,37+/m1/s1. The summed E-state index contributed by atoms with van der Waals surface area (Å²) in [5.74, 6) is -14.4. The molecule has 432 valence electrons. The first kappa shape index (κ1) is 64.5. The van der Waals surface area contributed by atoms with Crippen LogP contribution in [0.15, 0.2) is 24.3 Å². The number of hydrogen-bond acceptors (Lipinski definition) is 17. The first-order valence-corrected chi connectivity index (χ1v) is 25.9. The maximum Gasteiger partial charge on any atom is 0.524 e. The van der Waals surface area contributed by atoms with Crippen molar-refractivity contribution in [2.45, 2.75) is 145 Å². The van der Waals surface area contributed by atoms with Gasteiger partial charge in [0, 0.05) is 45.2 Å². The smallest absolute Gasteiger partial charge is 0.481 e. The Balaban J connectivity index is 1.95. The molecule has 0 radical (unpaired) electrons. The van der Waals surface area contributed by atoms with Crippen LogP contribution in [-0.4, -0.2) is 191 Å². The maximum atomic E-state index is 14.4. The summed E-state index contributed by atoms with van der Waals surface area (Å²) in [5.41, 5.74) is 16.7. The van der Waals surface area contributed by atoms with Crippen LogP contribution >= 0.6 is 7.82 Å². The maximum absolute atomic E-state index is 14.4. The largest absolute Gasteiger partial charge is 0.524 e. The Morgan fingerprint density at radius 3 is 1.55 bits per heavy atom. The van der Waals surface area contributed by atoms with Crippen LogP contribution in [0.2, 0.25) is 0 Å². The lowest BCUT2D eigenvalue weighted by Gasteiger charge is -2.31. The fourth-order valence-corrected chi connectivity index (χ4v) is 8.65. The van der Waals surface area contributed by atoms with Crippen molar-refractivity contribution in [1.29, 1.82) is 0 Å². The number of hydrogen-bond donors (Lipinski definition) is 15. The van der Waals surface area contributed by atoms with Crippen LogP contribution in [0.4, 0.5) is 0 Å². The van der Waals surface area contributed by atoms with Gasteiger partial charge in [-0.3, -0.25) is 67.3 Å². The lowest BCUT2D eigenvalue weighted by molar-refractivity contribution is -0.144. The van der Waals surface area contributed by atoms with Crippen molar-refractivity contribution in [3.8, 4) is 5.75 Å². The summed E-state index contributed by atoms with van der Waals surface area (Å²) in [6.07, 6.45) is -5.58. The van der Waals surface area contributed by atoms with Gasteiger partial charge in [0.25, 0.3) is 0 Å². The van der Waals surface area contributed by atoms with Gasteiger partial charge in [-0.25, -0.2) is 9.36 Å². The number of phosphoric ester groups is 1. The number of carboxylic acid groups (broad SMARTS) is 3. The molecule has 18 N–H and O–H groups in total. The molecule has 2 fully saturated rings. The molecular weight excluding hydrogens is 1060 g/mol. The average Bonchev–Trinajstić information content (AvgIpc) is 4.07. The highest BCUT2D eigenvalue weighted by atomic mass is 31.2. The number of nitrogens with one attached hydrogen (secondary N) is 6. The zero-order valence-corrected chi connectivity index (χ0v) is 43.1. The number of aliphatic carboxylic acids is 3. The van der Waals surface area contributed by atoms with Gasteiger partial charge in [0.2, 0.25) is 59.1 Å². The molecule has 9 atom stereocenters. The van der Waals surface area contributed by atoms with E-state index in [0.717, 1.165) is 21.9 Å². The van der Waals surface area contributed by atoms with E-state index in [1.165, 1.54) is 19.1 Å². The van der Waals surface area contributed by atoms with E-state index < -0.39 is 204 Å². The minimum absolute atomic E-state index is 0.0136. The molecule has 33 heteroatoms. The van der Waals surface area contributed by atoms with Gasteiger partial charge in [0.15, 0.2) is 0 Å². The third-order valence-corrected chi connectivity index (χ3v) is 12.7. The zero-order chi connectivity index (χ0) is 58.6. The topological polar surface area (TPSA) is 526 Å². The van der Waals surface area contributed by atoms with E-state index in [0.29, 0.717) is 0 Å². The molecule has 0 bridgehead atoms. The molecule has 32 nitrogen and oxygen atoms in total. The molecule has 2 aliphatic rings. The Hall–Kier alpha value is -7.80. The van der Waals surface area contributed by atoms with E-state index in [1.54, 1.807) is 0 Å². The third-order valence-electron chi connectivity index (χ3n) is 12.3. The number of likely N-dealkylation sites (tertiary alicyclic amines) is 2. The minimum atomic E-state index is -5.03. The van der Waals surface area contributed by atoms with E-state index in [4.69, 9.17) is 22.3 Å². The van der Waals surface area contributed by atoms with Crippen LogP contribution < -0.4 is 53.6 Å². The van der Waals surface area contributed by atoms with Gasteiger partial charge >= 0.3 is 25.7 Å². The predicted molar refractivity (Wildman–Crippen MR) is 263 cm³/mol. The lowest BCUT2D eigenvalue weighted by Crippen LogP contribution is -2.60. The van der Waals surface area contributed by atoms with Crippen molar-refractivity contribution in [3.05, 3.63) is 29.8 Å². The number of rotatable bonds is 32. The summed E-state index contributed by atoms with van der Waals surface area (Å²) < 4.78 is 16.1. The molecular formula is C45H66N11O21P. The number of carboxylic acids is 3. The van der Waals surface area contributed by atoms with Crippen LogP contribution in [0.1, 0.15) is 89.5 Å². The fraction of sp³-hybridized carbons (Fsp3) is 0.578. The van der Waals surface area contributed by atoms with Gasteiger partial charge in [-0.15, -0.1) is 0 Å². The van der Waals surface area contributed by atoms with Gasteiger partial charge < -0.3 is 83.9 Å². The summed E-state index contributed by atoms with van der Waals surface area (Å²) in [5, 5.41) is 51.5. The molecule has 2 aliphatic heterocycles. The van der Waals surface area contributed by atoms with E-state index >= 15 is 0 Å². The number of phosphoric acid groups is 1.